The number of hydrogen-bond donors (Lipinski definition) is 1. The van der Waals surface area contributed by atoms with Crippen molar-refractivity contribution >= 4 is 17.3 Å². The van der Waals surface area contributed by atoms with Gasteiger partial charge in [0.25, 0.3) is 0 Å². The number of carbonyl (C=O) groups is 1. The summed E-state index contributed by atoms with van der Waals surface area (Å²) < 4.78 is 14.1. The molecular weight excluding hydrogens is 393 g/mol. The second kappa shape index (κ2) is 8.60. The largest absolute Gasteiger partial charge is 0.386 e. The van der Waals surface area contributed by atoms with Gasteiger partial charge in [0.15, 0.2) is 0 Å². The van der Waals surface area contributed by atoms with E-state index in [0.717, 1.165) is 55.1 Å². The first-order chi connectivity index (χ1) is 14.7. The molecule has 1 amide bonds. The van der Waals surface area contributed by atoms with Gasteiger partial charge in [0.05, 0.1) is 5.60 Å². The average molecular weight is 426 g/mol. The third-order valence-electron chi connectivity index (χ3n) is 6.55. The van der Waals surface area contributed by atoms with Crippen LogP contribution in [0.1, 0.15) is 31.4 Å². The fraction of sp³-hybridized carbons (Fsp3) is 0.480. The Morgan fingerprint density at radius 3 is 2.35 bits per heavy atom. The summed E-state index contributed by atoms with van der Waals surface area (Å²) in [5, 5.41) is 10.2. The van der Waals surface area contributed by atoms with Gasteiger partial charge < -0.3 is 19.8 Å². The molecule has 2 aromatic rings. The molecule has 4 rings (SSSR count). The summed E-state index contributed by atoms with van der Waals surface area (Å²) in [6.45, 7) is 7.93. The first kappa shape index (κ1) is 21.8. The van der Waals surface area contributed by atoms with Gasteiger partial charge >= 0.3 is 0 Å². The minimum absolute atomic E-state index is 0.0876. The fourth-order valence-corrected chi connectivity index (χ4v) is 4.57. The number of piperazine rings is 1. The smallest absolute Gasteiger partial charge is 0.230 e. The minimum Gasteiger partial charge on any atom is -0.386 e. The number of rotatable bonds is 5. The number of hydrogen-bond acceptors (Lipinski definition) is 4. The maximum Gasteiger partial charge on any atom is 0.230 e. The summed E-state index contributed by atoms with van der Waals surface area (Å²) in [7, 11) is 2.11. The quantitative estimate of drug-likeness (QED) is 0.798. The molecule has 1 N–H and O–H groups in total. The van der Waals surface area contributed by atoms with E-state index in [-0.39, 0.29) is 17.6 Å². The van der Waals surface area contributed by atoms with E-state index in [2.05, 4.69) is 16.8 Å². The van der Waals surface area contributed by atoms with Gasteiger partial charge in [-0.1, -0.05) is 12.1 Å². The maximum atomic E-state index is 14.1. The van der Waals surface area contributed by atoms with E-state index in [4.69, 9.17) is 0 Å². The van der Waals surface area contributed by atoms with E-state index in [1.807, 2.05) is 35.2 Å². The molecule has 0 saturated carbocycles. The molecule has 0 bridgehead atoms. The second-order valence-corrected chi connectivity index (χ2v) is 9.35. The van der Waals surface area contributed by atoms with Crippen molar-refractivity contribution in [1.82, 2.24) is 4.90 Å². The van der Waals surface area contributed by atoms with Crippen LogP contribution in [0.4, 0.5) is 15.8 Å². The number of amides is 1. The van der Waals surface area contributed by atoms with Gasteiger partial charge in [0.2, 0.25) is 5.91 Å². The standard InChI is InChI=1S/C25H32FN3O2/c1-25(2,31)20-4-7-22(8-5-20)29-11-10-18(24(29)30)16-19-17-21(26)6-9-23(19)28-14-12-27(3)13-15-28/h4-9,17-18,31H,10-16H2,1-3H3. The van der Waals surface area contributed by atoms with E-state index in [1.165, 1.54) is 6.07 Å². The minimum atomic E-state index is -0.910. The van der Waals surface area contributed by atoms with Crippen molar-refractivity contribution in [3.63, 3.8) is 0 Å². The van der Waals surface area contributed by atoms with Crippen molar-refractivity contribution in [2.45, 2.75) is 32.3 Å². The Balaban J connectivity index is 1.49. The zero-order valence-corrected chi connectivity index (χ0v) is 18.6. The number of carbonyl (C=O) groups excluding carboxylic acids is 1. The highest BCUT2D eigenvalue weighted by molar-refractivity contribution is 5.97. The molecule has 6 heteroatoms. The molecule has 1 atom stereocenters. The van der Waals surface area contributed by atoms with E-state index in [0.29, 0.717) is 13.0 Å². The molecule has 2 fully saturated rings. The molecule has 0 aliphatic carbocycles. The number of benzene rings is 2. The van der Waals surface area contributed by atoms with Crippen molar-refractivity contribution in [3.8, 4) is 0 Å². The summed E-state index contributed by atoms with van der Waals surface area (Å²) in [6.07, 6.45) is 1.31. The van der Waals surface area contributed by atoms with E-state index in [9.17, 15) is 14.3 Å². The number of aliphatic hydroxyl groups is 1. The predicted molar refractivity (Wildman–Crippen MR) is 122 cm³/mol. The molecular formula is C25H32FN3O2. The van der Waals surface area contributed by atoms with Crippen molar-refractivity contribution in [1.29, 1.82) is 0 Å². The van der Waals surface area contributed by atoms with E-state index >= 15 is 0 Å². The van der Waals surface area contributed by atoms with Crippen LogP contribution in [0.2, 0.25) is 0 Å². The monoisotopic (exact) mass is 425 g/mol. The number of nitrogens with zero attached hydrogens (tertiary/aromatic N) is 3. The van der Waals surface area contributed by atoms with Gasteiger partial charge in [-0.2, -0.15) is 0 Å². The van der Waals surface area contributed by atoms with E-state index in [1.54, 1.807) is 19.9 Å². The highest BCUT2D eigenvalue weighted by Gasteiger charge is 2.33. The molecule has 166 valence electrons. The molecule has 1 unspecified atom stereocenters. The zero-order valence-electron chi connectivity index (χ0n) is 18.6. The molecule has 31 heavy (non-hydrogen) atoms. The first-order valence-corrected chi connectivity index (χ1v) is 11.1. The van der Waals surface area contributed by atoms with Gasteiger partial charge in [0, 0.05) is 50.0 Å². The Bertz CT molecular complexity index is 931. The maximum absolute atomic E-state index is 14.1. The van der Waals surface area contributed by atoms with Crippen molar-refractivity contribution in [2.24, 2.45) is 5.92 Å². The van der Waals surface area contributed by atoms with Gasteiger partial charge in [-0.25, -0.2) is 4.39 Å². The Morgan fingerprint density at radius 2 is 1.71 bits per heavy atom. The van der Waals surface area contributed by atoms with Crippen LogP contribution in [0.15, 0.2) is 42.5 Å². The second-order valence-electron chi connectivity index (χ2n) is 9.35. The Hall–Kier alpha value is -2.44. The summed E-state index contributed by atoms with van der Waals surface area (Å²) in [5.41, 5.74) is 2.72. The van der Waals surface area contributed by atoms with Crippen molar-refractivity contribution in [2.75, 3.05) is 49.6 Å². The normalized spacial score (nSPS) is 20.5. The van der Waals surface area contributed by atoms with Gasteiger partial charge in [0.1, 0.15) is 5.82 Å². The van der Waals surface area contributed by atoms with Crippen molar-refractivity contribution in [3.05, 3.63) is 59.4 Å². The Labute approximate surface area is 184 Å². The van der Waals surface area contributed by atoms with E-state index < -0.39 is 5.60 Å². The Kier molecular flexibility index (Phi) is 6.04. The Morgan fingerprint density at radius 1 is 1.03 bits per heavy atom. The van der Waals surface area contributed by atoms with Crippen LogP contribution in [0.3, 0.4) is 0 Å². The van der Waals surface area contributed by atoms with Crippen LogP contribution in [-0.2, 0) is 16.8 Å². The number of likely N-dealkylation sites (N-methyl/N-ethyl adjacent to an activating group) is 1. The van der Waals surface area contributed by atoms with Crippen LogP contribution >= 0.6 is 0 Å². The van der Waals surface area contributed by atoms with Crippen LogP contribution in [-0.4, -0.2) is 55.7 Å². The molecule has 0 spiro atoms. The van der Waals surface area contributed by atoms with Gasteiger partial charge in [-0.05, 0) is 75.2 Å². The lowest BCUT2D eigenvalue weighted by molar-refractivity contribution is -0.120. The van der Waals surface area contributed by atoms with Gasteiger partial charge in [-0.3, -0.25) is 4.79 Å². The van der Waals surface area contributed by atoms with Crippen LogP contribution in [0, 0.1) is 11.7 Å². The molecule has 2 aliphatic heterocycles. The molecule has 2 saturated heterocycles. The third kappa shape index (κ3) is 4.75. The summed E-state index contributed by atoms with van der Waals surface area (Å²) in [4.78, 5) is 19.6. The van der Waals surface area contributed by atoms with Crippen LogP contribution < -0.4 is 9.80 Å². The lowest BCUT2D eigenvalue weighted by Crippen LogP contribution is -2.44. The summed E-state index contributed by atoms with van der Waals surface area (Å²) in [5.74, 6) is -0.316. The summed E-state index contributed by atoms with van der Waals surface area (Å²) in [6, 6.07) is 12.5. The zero-order chi connectivity index (χ0) is 22.2. The first-order valence-electron chi connectivity index (χ1n) is 11.1. The average Bonchev–Trinajstić information content (AvgIpc) is 3.09. The molecule has 0 radical (unpaired) electrons. The van der Waals surface area contributed by atoms with Gasteiger partial charge in [-0.15, -0.1) is 0 Å². The highest BCUT2D eigenvalue weighted by Crippen LogP contribution is 2.32. The van der Waals surface area contributed by atoms with Crippen LogP contribution in [0.25, 0.3) is 0 Å². The SMILES string of the molecule is CN1CCN(c2ccc(F)cc2CC2CCN(c3ccc(C(C)(C)O)cc3)C2=O)CC1. The summed E-state index contributed by atoms with van der Waals surface area (Å²) >= 11 is 0. The lowest BCUT2D eigenvalue weighted by Gasteiger charge is -2.35. The molecule has 5 nitrogen and oxygen atoms in total. The fourth-order valence-electron chi connectivity index (χ4n) is 4.57. The highest BCUT2D eigenvalue weighted by atomic mass is 19.1. The van der Waals surface area contributed by atoms with Crippen molar-refractivity contribution < 1.29 is 14.3 Å². The lowest BCUT2D eigenvalue weighted by atomic mass is 9.96. The van der Waals surface area contributed by atoms with Crippen LogP contribution in [0.5, 0.6) is 0 Å². The molecule has 2 aliphatic rings. The topological polar surface area (TPSA) is 47.0 Å². The predicted octanol–water partition coefficient (Wildman–Crippen LogP) is 3.40. The molecule has 2 heterocycles. The number of anilines is 2. The third-order valence-corrected chi connectivity index (χ3v) is 6.55. The number of halogens is 1. The molecule has 2 aromatic carbocycles. The molecule has 0 aromatic heterocycles.